The van der Waals surface area contributed by atoms with Gasteiger partial charge in [0, 0.05) is 39.4 Å². The average molecular weight is 428 g/mol. The van der Waals surface area contributed by atoms with Gasteiger partial charge in [0.1, 0.15) is 6.54 Å². The molecule has 27 heavy (non-hydrogen) atoms. The molecule has 0 aliphatic carbocycles. The fraction of sp³-hybridized carbons (Fsp3) is 0.300. The van der Waals surface area contributed by atoms with E-state index < -0.39 is 0 Å². The quantitative estimate of drug-likeness (QED) is 0.598. The summed E-state index contributed by atoms with van der Waals surface area (Å²) in [5.41, 5.74) is 9.74. The minimum Gasteiger partial charge on any atom is -0.338 e. The Balaban J connectivity index is 1.47. The number of fused-ring (bicyclic) bond motifs is 1. The van der Waals surface area contributed by atoms with Crippen molar-refractivity contribution in [2.75, 3.05) is 0 Å². The van der Waals surface area contributed by atoms with Gasteiger partial charge in [0.25, 0.3) is 0 Å². The summed E-state index contributed by atoms with van der Waals surface area (Å²) in [5, 5.41) is 4.23. The normalized spacial score (nSPS) is 22.3. The van der Waals surface area contributed by atoms with Gasteiger partial charge in [-0.15, -0.1) is 0 Å². The SMILES string of the molecule is Cc1c(Br)c2ccccc2n1CC(=O)NC1NNC(c2ccncc2)C1C. The van der Waals surface area contributed by atoms with Crippen LogP contribution >= 0.6 is 15.9 Å². The number of carbonyl (C=O) groups is 1. The van der Waals surface area contributed by atoms with Crippen LogP contribution in [0.4, 0.5) is 0 Å². The fourth-order valence-corrected chi connectivity index (χ4v) is 4.26. The molecule has 6 nitrogen and oxygen atoms in total. The molecule has 7 heteroatoms. The summed E-state index contributed by atoms with van der Waals surface area (Å²) in [6, 6.07) is 12.2. The van der Waals surface area contributed by atoms with Crippen molar-refractivity contribution >= 4 is 32.7 Å². The summed E-state index contributed by atoms with van der Waals surface area (Å²) >= 11 is 3.64. The number of nitrogens with zero attached hydrogens (tertiary/aromatic N) is 2. The maximum Gasteiger partial charge on any atom is 0.241 e. The summed E-state index contributed by atoms with van der Waals surface area (Å²) in [6.45, 7) is 4.42. The van der Waals surface area contributed by atoms with Crippen LogP contribution in [0.3, 0.4) is 0 Å². The molecule has 0 radical (unpaired) electrons. The molecule has 0 bridgehead atoms. The zero-order chi connectivity index (χ0) is 19.0. The van der Waals surface area contributed by atoms with Crippen LogP contribution in [0.2, 0.25) is 0 Å². The van der Waals surface area contributed by atoms with Crippen LogP contribution in [0.15, 0.2) is 53.3 Å². The summed E-state index contributed by atoms with van der Waals surface area (Å²) < 4.78 is 3.08. The van der Waals surface area contributed by atoms with E-state index in [1.54, 1.807) is 12.4 Å². The van der Waals surface area contributed by atoms with Crippen molar-refractivity contribution in [3.8, 4) is 0 Å². The lowest BCUT2D eigenvalue weighted by Gasteiger charge is -2.20. The van der Waals surface area contributed by atoms with E-state index in [1.807, 2.05) is 41.8 Å². The smallest absolute Gasteiger partial charge is 0.241 e. The molecular formula is C20H22BrN5O. The Morgan fingerprint density at radius 1 is 1.22 bits per heavy atom. The van der Waals surface area contributed by atoms with Crippen LogP contribution in [-0.4, -0.2) is 21.6 Å². The number of pyridine rings is 1. The lowest BCUT2D eigenvalue weighted by atomic mass is 9.95. The minimum absolute atomic E-state index is 0.0205. The molecule has 140 valence electrons. The number of carbonyl (C=O) groups excluding carboxylic acids is 1. The molecule has 1 aliphatic heterocycles. The van der Waals surface area contributed by atoms with Crippen molar-refractivity contribution in [1.29, 1.82) is 0 Å². The summed E-state index contributed by atoms with van der Waals surface area (Å²) in [7, 11) is 0. The molecule has 3 unspecified atom stereocenters. The van der Waals surface area contributed by atoms with E-state index in [0.29, 0.717) is 0 Å². The number of aromatic nitrogens is 2. The summed E-state index contributed by atoms with van der Waals surface area (Å²) in [5.74, 6) is 0.179. The highest BCUT2D eigenvalue weighted by Gasteiger charge is 2.34. The number of halogens is 1. The first-order chi connectivity index (χ1) is 13.1. The van der Waals surface area contributed by atoms with Crippen LogP contribution in [0.5, 0.6) is 0 Å². The van der Waals surface area contributed by atoms with Crippen LogP contribution < -0.4 is 16.2 Å². The number of nitrogens with one attached hydrogen (secondary N) is 3. The van der Waals surface area contributed by atoms with Crippen molar-refractivity contribution < 1.29 is 4.79 Å². The summed E-state index contributed by atoms with van der Waals surface area (Å²) in [6.07, 6.45) is 3.43. The second kappa shape index (κ2) is 7.42. The van der Waals surface area contributed by atoms with Gasteiger partial charge < -0.3 is 9.88 Å². The third kappa shape index (κ3) is 3.38. The molecule has 1 aliphatic rings. The Morgan fingerprint density at radius 2 is 1.96 bits per heavy atom. The fourth-order valence-electron chi connectivity index (χ4n) is 3.72. The minimum atomic E-state index is -0.138. The number of rotatable bonds is 4. The summed E-state index contributed by atoms with van der Waals surface area (Å²) in [4.78, 5) is 16.8. The maximum atomic E-state index is 12.7. The van der Waals surface area contributed by atoms with E-state index in [9.17, 15) is 4.79 Å². The molecule has 1 fully saturated rings. The predicted molar refractivity (Wildman–Crippen MR) is 109 cm³/mol. The highest BCUT2D eigenvalue weighted by atomic mass is 79.9. The molecular weight excluding hydrogens is 406 g/mol. The lowest BCUT2D eigenvalue weighted by molar-refractivity contribution is -0.122. The van der Waals surface area contributed by atoms with Gasteiger partial charge in [-0.3, -0.25) is 9.78 Å². The first-order valence-electron chi connectivity index (χ1n) is 9.00. The molecule has 0 spiro atoms. The molecule has 3 heterocycles. The monoisotopic (exact) mass is 427 g/mol. The Labute approximate surface area is 166 Å². The van der Waals surface area contributed by atoms with Gasteiger partial charge in [-0.25, -0.2) is 10.9 Å². The Kier molecular flexibility index (Phi) is 4.99. The molecule has 1 aromatic carbocycles. The van der Waals surface area contributed by atoms with Crippen molar-refractivity contribution in [3.05, 3.63) is 64.5 Å². The number of hydrogen-bond acceptors (Lipinski definition) is 4. The second-order valence-electron chi connectivity index (χ2n) is 6.95. The molecule has 1 saturated heterocycles. The van der Waals surface area contributed by atoms with Crippen molar-refractivity contribution in [2.24, 2.45) is 5.92 Å². The molecule has 4 rings (SSSR count). The highest BCUT2D eigenvalue weighted by molar-refractivity contribution is 9.10. The van der Waals surface area contributed by atoms with Crippen LogP contribution in [0, 0.1) is 12.8 Å². The average Bonchev–Trinajstić information content (AvgIpc) is 3.16. The van der Waals surface area contributed by atoms with Crippen molar-refractivity contribution in [1.82, 2.24) is 25.7 Å². The first kappa shape index (κ1) is 18.2. The maximum absolute atomic E-state index is 12.7. The molecule has 0 saturated carbocycles. The number of amides is 1. The number of benzene rings is 1. The lowest BCUT2D eigenvalue weighted by Crippen LogP contribution is -2.47. The largest absolute Gasteiger partial charge is 0.338 e. The van der Waals surface area contributed by atoms with E-state index in [4.69, 9.17) is 0 Å². The zero-order valence-electron chi connectivity index (χ0n) is 15.2. The third-order valence-corrected chi connectivity index (χ3v) is 6.28. The topological polar surface area (TPSA) is 71.0 Å². The third-order valence-electron chi connectivity index (χ3n) is 5.28. The number of hydrogen-bond donors (Lipinski definition) is 3. The van der Waals surface area contributed by atoms with E-state index in [1.165, 1.54) is 0 Å². The van der Waals surface area contributed by atoms with Crippen LogP contribution in [-0.2, 0) is 11.3 Å². The van der Waals surface area contributed by atoms with Gasteiger partial charge >= 0.3 is 0 Å². The number of hydrazine groups is 1. The van der Waals surface area contributed by atoms with Gasteiger partial charge in [-0.05, 0) is 46.6 Å². The van der Waals surface area contributed by atoms with Gasteiger partial charge in [0.15, 0.2) is 0 Å². The standard InChI is InChI=1S/C20H22BrN5O/c1-12-19(14-7-9-22-10-8-14)24-25-20(12)23-17(27)11-26-13(2)18(21)15-5-3-4-6-16(15)26/h3-10,12,19-20,24-25H,11H2,1-2H3,(H,23,27). The van der Waals surface area contributed by atoms with Gasteiger partial charge in [0.2, 0.25) is 5.91 Å². The van der Waals surface area contributed by atoms with Gasteiger partial charge in [-0.2, -0.15) is 0 Å². The van der Waals surface area contributed by atoms with E-state index in [0.717, 1.165) is 26.6 Å². The van der Waals surface area contributed by atoms with Gasteiger partial charge in [0.05, 0.1) is 12.2 Å². The van der Waals surface area contributed by atoms with E-state index >= 15 is 0 Å². The Hall–Kier alpha value is -2.22. The molecule has 3 atom stereocenters. The molecule has 3 aromatic rings. The van der Waals surface area contributed by atoms with Crippen molar-refractivity contribution in [2.45, 2.75) is 32.6 Å². The van der Waals surface area contributed by atoms with Crippen molar-refractivity contribution in [3.63, 3.8) is 0 Å². The molecule has 1 amide bonds. The molecule has 2 aromatic heterocycles. The Morgan fingerprint density at radius 3 is 2.74 bits per heavy atom. The number of para-hydroxylation sites is 1. The van der Waals surface area contributed by atoms with E-state index in [2.05, 4.69) is 50.1 Å². The predicted octanol–water partition coefficient (Wildman–Crippen LogP) is 3.03. The van der Waals surface area contributed by atoms with Gasteiger partial charge in [-0.1, -0.05) is 25.1 Å². The Bertz CT molecular complexity index is 971. The second-order valence-corrected chi connectivity index (χ2v) is 7.75. The van der Waals surface area contributed by atoms with E-state index in [-0.39, 0.29) is 30.6 Å². The zero-order valence-corrected chi connectivity index (χ0v) is 16.8. The van der Waals surface area contributed by atoms with Crippen LogP contribution in [0.1, 0.15) is 24.2 Å². The first-order valence-corrected chi connectivity index (χ1v) is 9.79. The highest BCUT2D eigenvalue weighted by Crippen LogP contribution is 2.30. The molecule has 3 N–H and O–H groups in total. The van der Waals surface area contributed by atoms with Crippen LogP contribution in [0.25, 0.3) is 10.9 Å².